The molecule has 43 heavy (non-hydrogen) atoms. The van der Waals surface area contributed by atoms with Gasteiger partial charge in [0, 0.05) is 6.04 Å². The van der Waals surface area contributed by atoms with Crippen molar-refractivity contribution in [1.29, 1.82) is 0 Å². The zero-order valence-corrected chi connectivity index (χ0v) is 25.7. The Kier molecular flexibility index (Phi) is 12.3. The van der Waals surface area contributed by atoms with Crippen LogP contribution in [0.2, 0.25) is 0 Å². The average molecular weight is 649 g/mol. The van der Waals surface area contributed by atoms with Crippen molar-refractivity contribution in [2.45, 2.75) is 66.8 Å². The van der Waals surface area contributed by atoms with E-state index in [4.69, 9.17) is 0 Å². The van der Waals surface area contributed by atoms with Gasteiger partial charge in [0.05, 0.1) is 10.5 Å². The third kappa shape index (κ3) is 9.98. The lowest BCUT2D eigenvalue weighted by atomic mass is 10.0. The maximum atomic E-state index is 13.9. The molecule has 1 fully saturated rings. The minimum atomic E-state index is -4.96. The molecule has 14 heteroatoms. The van der Waals surface area contributed by atoms with Crippen molar-refractivity contribution in [3.63, 3.8) is 0 Å². The molecule has 0 amide bonds. The molecule has 1 heterocycles. The summed E-state index contributed by atoms with van der Waals surface area (Å²) in [5.74, 6) is -0.601. The predicted molar refractivity (Wildman–Crippen MR) is 156 cm³/mol. The van der Waals surface area contributed by atoms with E-state index < -0.39 is 64.4 Å². The van der Waals surface area contributed by atoms with E-state index in [1.165, 1.54) is 12.1 Å². The zero-order valence-electron chi connectivity index (χ0n) is 24.0. The molecular weight excluding hydrogens is 612 g/mol. The first-order valence-corrected chi connectivity index (χ1v) is 16.3. The minimum Gasteiger partial charge on any atom is -0.462 e. The number of hydrogen-bond acceptors (Lipinski definition) is 7. The van der Waals surface area contributed by atoms with Gasteiger partial charge in [-0.3, -0.25) is 4.79 Å². The first kappa shape index (κ1) is 36.1. The summed E-state index contributed by atoms with van der Waals surface area (Å²) < 4.78 is 115. The Morgan fingerprint density at radius 3 is 1.95 bits per heavy atom. The third-order valence-corrected chi connectivity index (χ3v) is 10.2. The summed E-state index contributed by atoms with van der Waals surface area (Å²) in [5, 5.41) is -0.215. The molecule has 0 spiro atoms. The number of hydrogen-bond donors (Lipinski definition) is 2. The molecule has 0 aliphatic carbocycles. The van der Waals surface area contributed by atoms with Crippen LogP contribution in [0.1, 0.15) is 60.8 Å². The Hall–Kier alpha value is -3.07. The van der Waals surface area contributed by atoms with Crippen molar-refractivity contribution >= 4 is 26.3 Å². The fraction of sp³-hybridized carbons (Fsp3) is 0.414. The van der Waals surface area contributed by atoms with Crippen molar-refractivity contribution in [3.8, 4) is 0 Å². The van der Waals surface area contributed by atoms with E-state index in [-0.39, 0.29) is 11.2 Å². The standard InChI is InChI=1S/C24H26F4N2O4S2.C5H10O2/c1-3-22(16-5-7-17(25)8-6-16)35(31,32)19-9-10-21(24(26,27)28)20(15-19)23(4-2)36(33,34)30-18-11-13-29-14-12-18;1-5(2,3)7-4-6/h3-10,15,18,22-23,29-30H,1-2,11-14H2;4H,1-3H3. The maximum absolute atomic E-state index is 13.9. The van der Waals surface area contributed by atoms with Crippen LogP contribution in [0.4, 0.5) is 17.6 Å². The number of benzene rings is 2. The summed E-state index contributed by atoms with van der Waals surface area (Å²) in [6.07, 6.45) is -2.15. The fourth-order valence-electron chi connectivity index (χ4n) is 4.26. The lowest BCUT2D eigenvalue weighted by molar-refractivity contribution is -0.139. The van der Waals surface area contributed by atoms with Gasteiger partial charge in [0.25, 0.3) is 6.47 Å². The van der Waals surface area contributed by atoms with Gasteiger partial charge in [-0.25, -0.2) is 25.9 Å². The normalized spacial score (nSPS) is 16.3. The number of sulfonamides is 1. The van der Waals surface area contributed by atoms with Crippen molar-refractivity contribution in [2.24, 2.45) is 0 Å². The summed E-state index contributed by atoms with van der Waals surface area (Å²) in [7, 11) is -8.79. The molecule has 2 aromatic rings. The summed E-state index contributed by atoms with van der Waals surface area (Å²) in [6, 6.07) is 6.10. The molecule has 0 radical (unpaired) electrons. The van der Waals surface area contributed by atoms with Crippen molar-refractivity contribution in [1.82, 2.24) is 10.0 Å². The number of rotatable bonds is 10. The molecule has 1 aliphatic heterocycles. The maximum Gasteiger partial charge on any atom is 0.416 e. The first-order valence-electron chi connectivity index (χ1n) is 13.2. The van der Waals surface area contributed by atoms with Crippen LogP contribution in [-0.4, -0.2) is 48.0 Å². The van der Waals surface area contributed by atoms with Gasteiger partial charge >= 0.3 is 6.18 Å². The Bertz CT molecular complexity index is 1480. The largest absolute Gasteiger partial charge is 0.462 e. The zero-order chi connectivity index (χ0) is 32.6. The number of carbonyl (C=O) groups excluding carboxylic acids is 1. The highest BCUT2D eigenvalue weighted by Gasteiger charge is 2.40. The van der Waals surface area contributed by atoms with Crippen LogP contribution < -0.4 is 10.0 Å². The first-order chi connectivity index (χ1) is 19.9. The molecule has 2 unspecified atom stereocenters. The van der Waals surface area contributed by atoms with Crippen molar-refractivity contribution < 1.29 is 43.9 Å². The Morgan fingerprint density at radius 2 is 1.51 bits per heavy atom. The van der Waals surface area contributed by atoms with Crippen molar-refractivity contribution in [2.75, 3.05) is 13.1 Å². The molecule has 0 saturated carbocycles. The van der Waals surface area contributed by atoms with Gasteiger partial charge in [0.2, 0.25) is 10.0 Å². The third-order valence-electron chi connectivity index (χ3n) is 6.33. The molecule has 2 atom stereocenters. The number of sulfone groups is 1. The molecule has 2 N–H and O–H groups in total. The van der Waals surface area contributed by atoms with Crippen LogP contribution in [0.25, 0.3) is 0 Å². The molecule has 0 bridgehead atoms. The van der Waals surface area contributed by atoms with Crippen LogP contribution in [0.3, 0.4) is 0 Å². The number of ether oxygens (including phenoxy) is 1. The van der Waals surface area contributed by atoms with Crippen LogP contribution in [0.15, 0.2) is 72.7 Å². The lowest BCUT2D eigenvalue weighted by Gasteiger charge is -2.27. The van der Waals surface area contributed by atoms with Crippen LogP contribution >= 0.6 is 0 Å². The molecule has 1 saturated heterocycles. The summed E-state index contributed by atoms with van der Waals surface area (Å²) in [6.45, 7) is 13.9. The Morgan fingerprint density at radius 1 is 0.953 bits per heavy atom. The van der Waals surface area contributed by atoms with E-state index in [1.54, 1.807) is 0 Å². The van der Waals surface area contributed by atoms with Gasteiger partial charge in [-0.05, 0) is 88.2 Å². The number of halogens is 4. The van der Waals surface area contributed by atoms with E-state index in [0.29, 0.717) is 44.5 Å². The highest BCUT2D eigenvalue weighted by Crippen LogP contribution is 2.40. The monoisotopic (exact) mass is 648 g/mol. The quantitative estimate of drug-likeness (QED) is 0.201. The smallest absolute Gasteiger partial charge is 0.416 e. The van der Waals surface area contributed by atoms with Gasteiger partial charge in [0.15, 0.2) is 9.84 Å². The van der Waals surface area contributed by atoms with E-state index in [0.717, 1.165) is 30.4 Å². The van der Waals surface area contributed by atoms with Crippen LogP contribution in [0.5, 0.6) is 0 Å². The van der Waals surface area contributed by atoms with Gasteiger partial charge < -0.3 is 10.1 Å². The topological polar surface area (TPSA) is 119 Å². The molecular formula is C29H36F4N2O6S2. The lowest BCUT2D eigenvalue weighted by Crippen LogP contribution is -2.44. The minimum absolute atomic E-state index is 0.147. The highest BCUT2D eigenvalue weighted by molar-refractivity contribution is 7.92. The number of nitrogens with one attached hydrogen (secondary N) is 2. The van der Waals surface area contributed by atoms with Gasteiger partial charge in [-0.2, -0.15) is 13.2 Å². The van der Waals surface area contributed by atoms with Gasteiger partial charge in [0.1, 0.15) is 21.9 Å². The van der Waals surface area contributed by atoms with Gasteiger partial charge in [-0.1, -0.05) is 24.3 Å². The molecule has 0 aromatic heterocycles. The predicted octanol–water partition coefficient (Wildman–Crippen LogP) is 5.40. The molecule has 1 aliphatic rings. The van der Waals surface area contributed by atoms with Crippen molar-refractivity contribution in [3.05, 3.63) is 90.3 Å². The van der Waals surface area contributed by atoms with E-state index >= 15 is 0 Å². The molecule has 3 rings (SSSR count). The molecule has 2 aromatic carbocycles. The summed E-state index contributed by atoms with van der Waals surface area (Å²) >= 11 is 0. The molecule has 8 nitrogen and oxygen atoms in total. The van der Waals surface area contributed by atoms with Crippen LogP contribution in [0, 0.1) is 5.82 Å². The van der Waals surface area contributed by atoms with E-state index in [1.807, 2.05) is 20.8 Å². The second kappa shape index (κ2) is 14.6. The SMILES string of the molecule is C=CC(c1cc(S(=O)(=O)C(C=C)c2ccc(F)cc2)ccc1C(F)(F)F)S(=O)(=O)NC1CCNCC1.CC(C)(C)OC=O. The van der Waals surface area contributed by atoms with Crippen LogP contribution in [-0.2, 0) is 35.6 Å². The van der Waals surface area contributed by atoms with E-state index in [2.05, 4.69) is 27.9 Å². The Balaban J connectivity index is 0.000000821. The van der Waals surface area contributed by atoms with E-state index in [9.17, 15) is 39.2 Å². The van der Waals surface area contributed by atoms with Gasteiger partial charge in [-0.15, -0.1) is 13.2 Å². The summed E-state index contributed by atoms with van der Waals surface area (Å²) in [4.78, 5) is 9.06. The summed E-state index contributed by atoms with van der Waals surface area (Å²) in [5.41, 5.74) is -2.23. The Labute approximate surface area is 250 Å². The fourth-order valence-corrected chi connectivity index (χ4v) is 7.50. The molecule has 238 valence electrons. The second-order valence-electron chi connectivity index (χ2n) is 10.7. The average Bonchev–Trinajstić information content (AvgIpc) is 2.89. The second-order valence-corrected chi connectivity index (χ2v) is 14.6. The number of piperidine rings is 1. The highest BCUT2D eigenvalue weighted by atomic mass is 32.2. The number of carbonyl (C=O) groups is 1. The number of alkyl halides is 3.